The Hall–Kier alpha value is -4.28. The zero-order chi connectivity index (χ0) is 23.1. The van der Waals surface area contributed by atoms with Crippen molar-refractivity contribution in [2.45, 2.75) is 25.6 Å². The molecule has 168 valence electrons. The molecule has 1 fully saturated rings. The average molecular weight is 448 g/mol. The van der Waals surface area contributed by atoms with Gasteiger partial charge >= 0.3 is 0 Å². The molecule has 3 heterocycles. The van der Waals surface area contributed by atoms with E-state index in [-0.39, 0.29) is 12.4 Å². The number of benzene rings is 2. The Balaban J connectivity index is 1.37. The van der Waals surface area contributed by atoms with E-state index in [1.54, 1.807) is 18.2 Å². The normalized spacial score (nSPS) is 19.4. The van der Waals surface area contributed by atoms with Crippen molar-refractivity contribution >= 4 is 17.5 Å². The van der Waals surface area contributed by atoms with Crippen LogP contribution < -0.4 is 14.4 Å². The highest BCUT2D eigenvalue weighted by Gasteiger charge is 2.55. The molecule has 0 bridgehead atoms. The third-order valence-electron chi connectivity index (χ3n) is 5.53. The number of hydrogen-bond acceptors (Lipinski definition) is 10. The van der Waals surface area contributed by atoms with E-state index in [4.69, 9.17) is 14.0 Å². The summed E-state index contributed by atoms with van der Waals surface area (Å²) in [6, 6.07) is 10.7. The lowest BCUT2D eigenvalue weighted by Gasteiger charge is -2.20. The molecule has 2 atom stereocenters. The maximum absolute atomic E-state index is 13.3. The van der Waals surface area contributed by atoms with E-state index in [0.717, 1.165) is 16.0 Å². The first kappa shape index (κ1) is 20.6. The van der Waals surface area contributed by atoms with Crippen molar-refractivity contribution in [1.82, 2.24) is 15.1 Å². The minimum atomic E-state index is -0.950. The highest BCUT2D eigenvalue weighted by atomic mass is 16.5. The molecule has 0 N–H and O–H groups in total. The van der Waals surface area contributed by atoms with Crippen LogP contribution >= 0.6 is 0 Å². The van der Waals surface area contributed by atoms with Crippen molar-refractivity contribution in [3.63, 3.8) is 0 Å². The molecule has 2 aliphatic rings. The average Bonchev–Trinajstić information content (AvgIpc) is 3.52. The van der Waals surface area contributed by atoms with Crippen molar-refractivity contribution < 1.29 is 23.6 Å². The quantitative estimate of drug-likeness (QED) is 0.527. The van der Waals surface area contributed by atoms with Gasteiger partial charge in [0, 0.05) is 23.8 Å². The molecule has 3 aromatic rings. The number of amides is 2. The second-order valence-electron chi connectivity index (χ2n) is 7.65. The Morgan fingerprint density at radius 3 is 2.36 bits per heavy atom. The monoisotopic (exact) mass is 448 g/mol. The molecule has 2 amide bonds. The second-order valence-corrected chi connectivity index (χ2v) is 7.65. The van der Waals surface area contributed by atoms with Gasteiger partial charge in [0.05, 0.1) is 19.9 Å². The summed E-state index contributed by atoms with van der Waals surface area (Å²) in [5, 5.41) is 13.4. The number of imide groups is 1. The fraction of sp³-hybridized carbons (Fsp3) is 0.273. The maximum Gasteiger partial charge on any atom is 0.263 e. The first-order valence-corrected chi connectivity index (χ1v) is 10.2. The van der Waals surface area contributed by atoms with Gasteiger partial charge in [0.2, 0.25) is 11.7 Å². The van der Waals surface area contributed by atoms with Crippen molar-refractivity contribution in [3.8, 4) is 22.9 Å². The number of fused-ring (bicyclic) bond motifs is 1. The summed E-state index contributed by atoms with van der Waals surface area (Å²) in [5.74, 6) is 0.662. The molecule has 33 heavy (non-hydrogen) atoms. The minimum absolute atomic E-state index is 0.0395. The van der Waals surface area contributed by atoms with Gasteiger partial charge in [-0.15, -0.1) is 0 Å². The molecule has 2 aromatic carbocycles. The number of carbonyl (C=O) groups excluding carboxylic acids is 2. The van der Waals surface area contributed by atoms with E-state index in [2.05, 4.69) is 20.5 Å². The molecular formula is C22H20N6O5. The van der Waals surface area contributed by atoms with Crippen LogP contribution in [-0.2, 0) is 16.1 Å². The van der Waals surface area contributed by atoms with E-state index in [1.807, 2.05) is 31.2 Å². The van der Waals surface area contributed by atoms with E-state index >= 15 is 0 Å². The minimum Gasteiger partial charge on any atom is -0.497 e. The lowest BCUT2D eigenvalue weighted by atomic mass is 10.1. The van der Waals surface area contributed by atoms with E-state index in [9.17, 15) is 9.59 Å². The molecule has 2 unspecified atom stereocenters. The SMILES string of the molecule is COc1cc(OC)cc(N2C(=O)C3N=NN(Cc4nc(-c5ccc(C)cc5)no4)C3C2=O)c1. The molecule has 1 aromatic heterocycles. The molecule has 0 aliphatic carbocycles. The highest BCUT2D eigenvalue weighted by Crippen LogP contribution is 2.36. The van der Waals surface area contributed by atoms with Crippen LogP contribution in [0.15, 0.2) is 57.3 Å². The molecule has 2 aliphatic heterocycles. The van der Waals surface area contributed by atoms with Gasteiger partial charge in [-0.1, -0.05) is 40.2 Å². The summed E-state index contributed by atoms with van der Waals surface area (Å²) in [6.45, 7) is 2.03. The fourth-order valence-corrected chi connectivity index (χ4v) is 3.81. The summed E-state index contributed by atoms with van der Waals surface area (Å²) in [7, 11) is 2.98. The number of methoxy groups -OCH3 is 2. The topological polar surface area (TPSA) is 123 Å². The third kappa shape index (κ3) is 3.56. The van der Waals surface area contributed by atoms with Crippen molar-refractivity contribution in [1.29, 1.82) is 0 Å². The van der Waals surface area contributed by atoms with Crippen LogP contribution in [0.5, 0.6) is 11.5 Å². The first-order valence-electron chi connectivity index (χ1n) is 10.2. The van der Waals surface area contributed by atoms with Crippen LogP contribution in [0.25, 0.3) is 11.4 Å². The Kier molecular flexibility index (Phi) is 5.00. The second kappa shape index (κ2) is 8.01. The van der Waals surface area contributed by atoms with Gasteiger partial charge in [-0.05, 0) is 6.92 Å². The first-order chi connectivity index (χ1) is 16.0. The summed E-state index contributed by atoms with van der Waals surface area (Å²) in [4.78, 5) is 31.7. The van der Waals surface area contributed by atoms with Gasteiger partial charge in [0.25, 0.3) is 11.8 Å². The van der Waals surface area contributed by atoms with Crippen LogP contribution in [0.1, 0.15) is 11.5 Å². The Bertz CT molecular complexity index is 1230. The number of carbonyl (C=O) groups is 2. The maximum atomic E-state index is 13.3. The number of ether oxygens (including phenoxy) is 2. The number of anilines is 1. The largest absolute Gasteiger partial charge is 0.497 e. The molecule has 0 saturated carbocycles. The van der Waals surface area contributed by atoms with Crippen LogP contribution in [-0.4, -0.2) is 53.3 Å². The van der Waals surface area contributed by atoms with E-state index in [1.165, 1.54) is 19.2 Å². The number of nitrogens with zero attached hydrogens (tertiary/aromatic N) is 6. The predicted octanol–water partition coefficient (Wildman–Crippen LogP) is 2.56. The van der Waals surface area contributed by atoms with E-state index < -0.39 is 23.9 Å². The Morgan fingerprint density at radius 2 is 1.70 bits per heavy atom. The van der Waals surface area contributed by atoms with Crippen LogP contribution in [0.2, 0.25) is 0 Å². The van der Waals surface area contributed by atoms with E-state index in [0.29, 0.717) is 23.0 Å². The zero-order valence-electron chi connectivity index (χ0n) is 18.1. The number of aromatic nitrogens is 2. The molecule has 11 nitrogen and oxygen atoms in total. The van der Waals surface area contributed by atoms with Gasteiger partial charge in [0.1, 0.15) is 18.0 Å². The molecule has 5 rings (SSSR count). The van der Waals surface area contributed by atoms with Crippen molar-refractivity contribution in [2.75, 3.05) is 19.1 Å². The van der Waals surface area contributed by atoms with Crippen LogP contribution in [0.4, 0.5) is 5.69 Å². The number of hydrogen-bond donors (Lipinski definition) is 0. The van der Waals surface area contributed by atoms with Crippen molar-refractivity contribution in [3.05, 3.63) is 53.9 Å². The lowest BCUT2D eigenvalue weighted by molar-refractivity contribution is -0.123. The van der Waals surface area contributed by atoms with Crippen LogP contribution in [0, 0.1) is 6.92 Å². The van der Waals surface area contributed by atoms with Crippen LogP contribution in [0.3, 0.4) is 0 Å². The van der Waals surface area contributed by atoms with Gasteiger partial charge < -0.3 is 14.0 Å². The lowest BCUT2D eigenvalue weighted by Crippen LogP contribution is -2.39. The Morgan fingerprint density at radius 1 is 1.00 bits per heavy atom. The summed E-state index contributed by atoms with van der Waals surface area (Å²) in [5.41, 5.74) is 2.26. The standard InChI is InChI=1S/C22H20N6O5/c1-12-4-6-13(7-5-12)20-23-17(33-25-20)11-27-19-18(24-26-27)21(29)28(22(19)30)14-8-15(31-2)10-16(9-14)32-3/h4-10,18-19H,11H2,1-3H3. The molecular weight excluding hydrogens is 428 g/mol. The molecule has 0 spiro atoms. The highest BCUT2D eigenvalue weighted by molar-refractivity contribution is 6.25. The van der Waals surface area contributed by atoms with Gasteiger partial charge in [0.15, 0.2) is 12.1 Å². The molecule has 0 radical (unpaired) electrons. The molecule has 11 heteroatoms. The molecule has 1 saturated heterocycles. The zero-order valence-corrected chi connectivity index (χ0v) is 18.1. The Labute approximate surface area is 188 Å². The predicted molar refractivity (Wildman–Crippen MR) is 114 cm³/mol. The smallest absolute Gasteiger partial charge is 0.263 e. The fourth-order valence-electron chi connectivity index (χ4n) is 3.81. The number of rotatable bonds is 6. The third-order valence-corrected chi connectivity index (χ3v) is 5.53. The number of aryl methyl sites for hydroxylation is 1. The summed E-state index contributed by atoms with van der Waals surface area (Å²) < 4.78 is 15.9. The van der Waals surface area contributed by atoms with Gasteiger partial charge in [-0.2, -0.15) is 10.1 Å². The van der Waals surface area contributed by atoms with Gasteiger partial charge in [-0.3, -0.25) is 14.6 Å². The summed E-state index contributed by atoms with van der Waals surface area (Å²) >= 11 is 0. The van der Waals surface area contributed by atoms with Crippen molar-refractivity contribution in [2.24, 2.45) is 10.3 Å². The summed E-state index contributed by atoms with van der Waals surface area (Å²) in [6.07, 6.45) is 0. The van der Waals surface area contributed by atoms with Gasteiger partial charge in [-0.25, -0.2) is 4.90 Å².